The van der Waals surface area contributed by atoms with Gasteiger partial charge in [-0.25, -0.2) is 8.42 Å². The standard InChI is InChI=1S/C15H17NO4S/c1-3-20-15(17)11-16(2)21(18,19)14-10-6-8-12-7-4-5-9-13(12)14/h4-10H,3,11H2,1-2H3. The Labute approximate surface area is 124 Å². The van der Waals surface area contributed by atoms with Crippen molar-refractivity contribution in [3.8, 4) is 0 Å². The third-order valence-corrected chi connectivity index (χ3v) is 4.96. The minimum absolute atomic E-state index is 0.187. The molecule has 0 radical (unpaired) electrons. The van der Waals surface area contributed by atoms with E-state index in [0.29, 0.717) is 5.39 Å². The van der Waals surface area contributed by atoms with E-state index >= 15 is 0 Å². The topological polar surface area (TPSA) is 63.7 Å². The molecule has 0 aliphatic heterocycles. The van der Waals surface area contributed by atoms with E-state index in [9.17, 15) is 13.2 Å². The number of likely N-dealkylation sites (N-methyl/N-ethyl adjacent to an activating group) is 1. The second-order valence-electron chi connectivity index (χ2n) is 4.54. The molecule has 0 fully saturated rings. The Balaban J connectivity index is 2.40. The Kier molecular flexibility index (Phi) is 4.59. The lowest BCUT2D eigenvalue weighted by atomic mass is 10.1. The van der Waals surface area contributed by atoms with Crippen molar-refractivity contribution < 1.29 is 17.9 Å². The second kappa shape index (κ2) is 6.24. The molecule has 0 saturated heterocycles. The van der Waals surface area contributed by atoms with Gasteiger partial charge in [0.15, 0.2) is 0 Å². The summed E-state index contributed by atoms with van der Waals surface area (Å²) >= 11 is 0. The molecule has 2 aromatic rings. The van der Waals surface area contributed by atoms with Crippen LogP contribution in [0.25, 0.3) is 10.8 Å². The van der Waals surface area contributed by atoms with Crippen molar-refractivity contribution in [1.82, 2.24) is 4.31 Å². The van der Waals surface area contributed by atoms with Gasteiger partial charge in [-0.2, -0.15) is 4.31 Å². The molecular weight excluding hydrogens is 290 g/mol. The van der Waals surface area contributed by atoms with Crippen LogP contribution in [0.1, 0.15) is 6.92 Å². The van der Waals surface area contributed by atoms with Crippen molar-refractivity contribution >= 4 is 26.8 Å². The molecule has 21 heavy (non-hydrogen) atoms. The number of fused-ring (bicyclic) bond motifs is 1. The zero-order valence-corrected chi connectivity index (χ0v) is 12.8. The molecule has 0 N–H and O–H groups in total. The summed E-state index contributed by atoms with van der Waals surface area (Å²) in [6.07, 6.45) is 0. The molecule has 0 amide bonds. The maximum atomic E-state index is 12.6. The van der Waals surface area contributed by atoms with Crippen molar-refractivity contribution in [2.24, 2.45) is 0 Å². The Morgan fingerprint density at radius 2 is 1.81 bits per heavy atom. The minimum atomic E-state index is -3.75. The van der Waals surface area contributed by atoms with Gasteiger partial charge in [0.2, 0.25) is 10.0 Å². The van der Waals surface area contributed by atoms with E-state index in [0.717, 1.165) is 9.69 Å². The number of benzene rings is 2. The van der Waals surface area contributed by atoms with Gasteiger partial charge in [0.05, 0.1) is 11.5 Å². The zero-order chi connectivity index (χ0) is 15.5. The van der Waals surface area contributed by atoms with Crippen molar-refractivity contribution in [2.45, 2.75) is 11.8 Å². The lowest BCUT2D eigenvalue weighted by molar-refractivity contribution is -0.143. The first-order valence-electron chi connectivity index (χ1n) is 6.56. The molecule has 0 unspecified atom stereocenters. The Hall–Kier alpha value is -1.92. The maximum Gasteiger partial charge on any atom is 0.321 e. The minimum Gasteiger partial charge on any atom is -0.465 e. The molecule has 2 rings (SSSR count). The van der Waals surface area contributed by atoms with Gasteiger partial charge in [-0.05, 0) is 18.4 Å². The van der Waals surface area contributed by atoms with Crippen LogP contribution in [-0.2, 0) is 19.6 Å². The number of ether oxygens (including phenoxy) is 1. The number of carbonyl (C=O) groups is 1. The number of hydrogen-bond donors (Lipinski definition) is 0. The molecule has 0 heterocycles. The normalized spacial score (nSPS) is 11.8. The van der Waals surface area contributed by atoms with E-state index in [1.54, 1.807) is 31.2 Å². The fourth-order valence-electron chi connectivity index (χ4n) is 2.06. The molecule has 0 spiro atoms. The van der Waals surface area contributed by atoms with Crippen LogP contribution in [0.4, 0.5) is 0 Å². The first kappa shape index (κ1) is 15.5. The molecule has 5 nitrogen and oxygen atoms in total. The molecule has 0 aromatic heterocycles. The first-order chi connectivity index (χ1) is 9.96. The number of rotatable bonds is 5. The lowest BCUT2D eigenvalue weighted by Gasteiger charge is -2.17. The maximum absolute atomic E-state index is 12.6. The molecule has 0 saturated carbocycles. The Morgan fingerprint density at radius 1 is 1.14 bits per heavy atom. The van der Waals surface area contributed by atoms with E-state index in [1.807, 2.05) is 18.2 Å². The summed E-state index contributed by atoms with van der Waals surface area (Å²) in [5, 5.41) is 1.47. The highest BCUT2D eigenvalue weighted by atomic mass is 32.2. The zero-order valence-electron chi connectivity index (χ0n) is 11.9. The first-order valence-corrected chi connectivity index (χ1v) is 8.00. The predicted molar refractivity (Wildman–Crippen MR) is 80.4 cm³/mol. The van der Waals surface area contributed by atoms with Crippen LogP contribution in [0.15, 0.2) is 47.4 Å². The monoisotopic (exact) mass is 307 g/mol. The van der Waals surface area contributed by atoms with Crippen LogP contribution in [-0.4, -0.2) is 38.9 Å². The van der Waals surface area contributed by atoms with Gasteiger partial charge in [0, 0.05) is 12.4 Å². The quantitative estimate of drug-likeness (QED) is 0.793. The number of sulfonamides is 1. The van der Waals surface area contributed by atoms with Crippen molar-refractivity contribution in [3.05, 3.63) is 42.5 Å². The Morgan fingerprint density at radius 3 is 2.52 bits per heavy atom. The largest absolute Gasteiger partial charge is 0.465 e. The summed E-state index contributed by atoms with van der Waals surface area (Å²) in [4.78, 5) is 11.7. The smallest absolute Gasteiger partial charge is 0.321 e. The third kappa shape index (κ3) is 3.22. The van der Waals surface area contributed by atoms with E-state index < -0.39 is 16.0 Å². The molecule has 0 aliphatic rings. The number of hydrogen-bond acceptors (Lipinski definition) is 4. The van der Waals surface area contributed by atoms with Gasteiger partial charge in [-0.15, -0.1) is 0 Å². The van der Waals surface area contributed by atoms with Gasteiger partial charge in [0.1, 0.15) is 6.54 Å². The highest BCUT2D eigenvalue weighted by Gasteiger charge is 2.25. The average Bonchev–Trinajstić information content (AvgIpc) is 2.46. The van der Waals surface area contributed by atoms with E-state index in [1.165, 1.54) is 7.05 Å². The van der Waals surface area contributed by atoms with Crippen molar-refractivity contribution in [2.75, 3.05) is 20.2 Å². The van der Waals surface area contributed by atoms with Gasteiger partial charge < -0.3 is 4.74 Å². The van der Waals surface area contributed by atoms with Gasteiger partial charge in [-0.1, -0.05) is 36.4 Å². The SMILES string of the molecule is CCOC(=O)CN(C)S(=O)(=O)c1cccc2ccccc12. The highest BCUT2D eigenvalue weighted by molar-refractivity contribution is 7.89. The molecule has 0 atom stereocenters. The molecule has 0 aliphatic carbocycles. The fourth-order valence-corrected chi connectivity index (χ4v) is 3.39. The third-order valence-electron chi connectivity index (χ3n) is 3.09. The van der Waals surface area contributed by atoms with Crippen LogP contribution in [0, 0.1) is 0 Å². The molecule has 112 valence electrons. The fraction of sp³-hybridized carbons (Fsp3) is 0.267. The summed E-state index contributed by atoms with van der Waals surface area (Å²) in [5.74, 6) is -0.566. The summed E-state index contributed by atoms with van der Waals surface area (Å²) in [6, 6.07) is 12.3. The molecule has 6 heteroatoms. The van der Waals surface area contributed by atoms with Crippen LogP contribution in [0.5, 0.6) is 0 Å². The lowest BCUT2D eigenvalue weighted by Crippen LogP contribution is -2.33. The highest BCUT2D eigenvalue weighted by Crippen LogP contribution is 2.24. The van der Waals surface area contributed by atoms with Gasteiger partial charge in [0.25, 0.3) is 0 Å². The average molecular weight is 307 g/mol. The van der Waals surface area contributed by atoms with Gasteiger partial charge >= 0.3 is 5.97 Å². The van der Waals surface area contributed by atoms with E-state index in [2.05, 4.69) is 0 Å². The summed E-state index contributed by atoms with van der Waals surface area (Å²) in [6.45, 7) is 1.59. The number of esters is 1. The van der Waals surface area contributed by atoms with Gasteiger partial charge in [-0.3, -0.25) is 4.79 Å². The van der Waals surface area contributed by atoms with Crippen LogP contribution in [0.2, 0.25) is 0 Å². The predicted octanol–water partition coefficient (Wildman–Crippen LogP) is 2.02. The van der Waals surface area contributed by atoms with Crippen LogP contribution >= 0.6 is 0 Å². The number of nitrogens with zero attached hydrogens (tertiary/aromatic N) is 1. The molecular formula is C15H17NO4S. The van der Waals surface area contributed by atoms with Crippen molar-refractivity contribution in [1.29, 1.82) is 0 Å². The van der Waals surface area contributed by atoms with E-state index in [-0.39, 0.29) is 18.0 Å². The summed E-state index contributed by atoms with van der Waals surface area (Å²) in [7, 11) is -2.38. The summed E-state index contributed by atoms with van der Waals surface area (Å²) in [5.41, 5.74) is 0. The van der Waals surface area contributed by atoms with Crippen LogP contribution in [0.3, 0.4) is 0 Å². The van der Waals surface area contributed by atoms with Crippen molar-refractivity contribution in [3.63, 3.8) is 0 Å². The molecule has 2 aromatic carbocycles. The molecule has 0 bridgehead atoms. The number of carbonyl (C=O) groups excluding carboxylic acids is 1. The summed E-state index contributed by atoms with van der Waals surface area (Å²) < 4.78 is 31.0. The second-order valence-corrected chi connectivity index (χ2v) is 6.56. The Bertz CT molecular complexity index is 750. The van der Waals surface area contributed by atoms with E-state index in [4.69, 9.17) is 4.74 Å². The van der Waals surface area contributed by atoms with Crippen LogP contribution < -0.4 is 0 Å².